The lowest BCUT2D eigenvalue weighted by Crippen LogP contribution is -2.40. The zero-order valence-electron chi connectivity index (χ0n) is 12.2. The van der Waals surface area contributed by atoms with Crippen LogP contribution in [-0.4, -0.2) is 28.9 Å². The van der Waals surface area contributed by atoms with Gasteiger partial charge in [-0.2, -0.15) is 0 Å². The fourth-order valence-electron chi connectivity index (χ4n) is 2.75. The summed E-state index contributed by atoms with van der Waals surface area (Å²) in [5, 5.41) is 0. The molecule has 0 bridgehead atoms. The number of nitrogens with zero attached hydrogens (tertiary/aromatic N) is 2. The Balaban J connectivity index is 1.66. The first kappa shape index (κ1) is 14.7. The van der Waals surface area contributed by atoms with E-state index in [1.54, 1.807) is 18.3 Å². The molecule has 1 aliphatic heterocycles. The summed E-state index contributed by atoms with van der Waals surface area (Å²) in [6, 6.07) is 6.09. The summed E-state index contributed by atoms with van der Waals surface area (Å²) in [7, 11) is 0. The van der Waals surface area contributed by atoms with E-state index in [0.717, 1.165) is 24.9 Å². The number of carbonyl (C=O) groups excluding carboxylic acids is 1. The average molecular weight is 303 g/mol. The molecule has 22 heavy (non-hydrogen) atoms. The van der Waals surface area contributed by atoms with Gasteiger partial charge in [0.25, 0.3) is 0 Å². The molecule has 2 aromatic rings. The Labute approximate surface area is 127 Å². The minimum atomic E-state index is -0.283. The van der Waals surface area contributed by atoms with E-state index >= 15 is 0 Å². The van der Waals surface area contributed by atoms with Gasteiger partial charge < -0.3 is 10.2 Å². The highest BCUT2D eigenvalue weighted by Gasteiger charge is 2.24. The third-order valence-corrected chi connectivity index (χ3v) is 3.95. The predicted molar refractivity (Wildman–Crippen MR) is 79.1 cm³/mol. The number of primary amides is 1. The van der Waals surface area contributed by atoms with Crippen molar-refractivity contribution in [1.82, 2.24) is 9.88 Å². The number of likely N-dealkylation sites (tertiary alicyclic amines) is 1. The molecule has 1 aromatic carbocycles. The Hall–Kier alpha value is -2.21. The van der Waals surface area contributed by atoms with Crippen molar-refractivity contribution in [3.8, 4) is 11.3 Å². The van der Waals surface area contributed by atoms with Crippen LogP contribution in [0.1, 0.15) is 18.7 Å². The molecule has 116 valence electrons. The zero-order chi connectivity index (χ0) is 15.5. The maximum atomic E-state index is 12.9. The van der Waals surface area contributed by atoms with Crippen molar-refractivity contribution >= 4 is 5.91 Å². The van der Waals surface area contributed by atoms with Gasteiger partial charge in [-0.15, -0.1) is 0 Å². The van der Waals surface area contributed by atoms with Gasteiger partial charge in [-0.1, -0.05) is 0 Å². The molecule has 0 spiro atoms. The van der Waals surface area contributed by atoms with Crippen LogP contribution in [0.25, 0.3) is 11.3 Å². The molecule has 0 saturated carbocycles. The molecule has 1 aromatic heterocycles. The summed E-state index contributed by atoms with van der Waals surface area (Å²) >= 11 is 0. The molecule has 2 heterocycles. The van der Waals surface area contributed by atoms with E-state index in [4.69, 9.17) is 10.2 Å². The van der Waals surface area contributed by atoms with E-state index in [0.29, 0.717) is 24.7 Å². The number of hydrogen-bond donors (Lipinski definition) is 1. The van der Waals surface area contributed by atoms with Gasteiger partial charge in [-0.3, -0.25) is 9.69 Å². The number of nitrogens with two attached hydrogens (primary N) is 1. The second-order valence-corrected chi connectivity index (χ2v) is 5.60. The third kappa shape index (κ3) is 3.33. The molecule has 0 radical (unpaired) electrons. The van der Waals surface area contributed by atoms with E-state index in [-0.39, 0.29) is 17.6 Å². The van der Waals surface area contributed by atoms with Crippen molar-refractivity contribution in [1.29, 1.82) is 0 Å². The summed E-state index contributed by atoms with van der Waals surface area (Å²) in [6.45, 7) is 2.09. The number of amides is 1. The smallest absolute Gasteiger partial charge is 0.221 e. The minimum absolute atomic E-state index is 0.0970. The summed E-state index contributed by atoms with van der Waals surface area (Å²) in [5.41, 5.74) is 6.17. The van der Waals surface area contributed by atoms with Crippen molar-refractivity contribution in [2.45, 2.75) is 19.4 Å². The number of piperidine rings is 1. The lowest BCUT2D eigenvalue weighted by molar-refractivity contribution is -0.123. The standard InChI is InChI=1S/C16H18FN3O2/c17-13-5-3-11(4-6-13)14-8-19-15(22-14)10-20-7-1-2-12(9-20)16(18)21/h3-6,8,12H,1-2,7,9-10H2,(H2,18,21)/t12-/m1/s1. The van der Waals surface area contributed by atoms with E-state index < -0.39 is 0 Å². The molecule has 2 N–H and O–H groups in total. The molecule has 0 aliphatic carbocycles. The van der Waals surface area contributed by atoms with Gasteiger partial charge in [0.05, 0.1) is 18.7 Å². The topological polar surface area (TPSA) is 72.4 Å². The van der Waals surface area contributed by atoms with Crippen LogP contribution in [0, 0.1) is 11.7 Å². The van der Waals surface area contributed by atoms with E-state index in [1.807, 2.05) is 0 Å². The van der Waals surface area contributed by atoms with Crippen molar-refractivity contribution < 1.29 is 13.6 Å². The van der Waals surface area contributed by atoms with Crippen LogP contribution in [0.2, 0.25) is 0 Å². The SMILES string of the molecule is NC(=O)[C@@H]1CCCN(Cc2ncc(-c3ccc(F)cc3)o2)C1. The number of halogens is 1. The number of hydrogen-bond acceptors (Lipinski definition) is 4. The van der Waals surface area contributed by atoms with E-state index in [9.17, 15) is 9.18 Å². The van der Waals surface area contributed by atoms with Gasteiger partial charge in [0.1, 0.15) is 5.82 Å². The third-order valence-electron chi connectivity index (χ3n) is 3.95. The Bertz CT molecular complexity index is 654. The number of carbonyl (C=O) groups is 1. The highest BCUT2D eigenvalue weighted by Crippen LogP contribution is 2.23. The van der Waals surface area contributed by atoms with Gasteiger partial charge in [0.2, 0.25) is 11.8 Å². The van der Waals surface area contributed by atoms with Crippen LogP contribution in [0.3, 0.4) is 0 Å². The van der Waals surface area contributed by atoms with Crippen LogP contribution in [0.4, 0.5) is 4.39 Å². The van der Waals surface area contributed by atoms with Crippen molar-refractivity contribution in [3.63, 3.8) is 0 Å². The summed E-state index contributed by atoms with van der Waals surface area (Å²) in [5.74, 6) is 0.571. The summed E-state index contributed by atoms with van der Waals surface area (Å²) in [4.78, 5) is 17.7. The summed E-state index contributed by atoms with van der Waals surface area (Å²) in [6.07, 6.45) is 3.43. The molecule has 5 nitrogen and oxygen atoms in total. The number of rotatable bonds is 4. The molecule has 1 fully saturated rings. The van der Waals surface area contributed by atoms with Crippen LogP contribution in [0.5, 0.6) is 0 Å². The highest BCUT2D eigenvalue weighted by molar-refractivity contribution is 5.76. The molecule has 3 rings (SSSR count). The molecule has 1 amide bonds. The fourth-order valence-corrected chi connectivity index (χ4v) is 2.75. The number of benzene rings is 1. The van der Waals surface area contributed by atoms with Crippen LogP contribution < -0.4 is 5.73 Å². The van der Waals surface area contributed by atoms with Crippen LogP contribution in [-0.2, 0) is 11.3 Å². The van der Waals surface area contributed by atoms with Crippen molar-refractivity contribution in [2.75, 3.05) is 13.1 Å². The monoisotopic (exact) mass is 303 g/mol. The predicted octanol–water partition coefficient (Wildman–Crippen LogP) is 2.18. The molecular formula is C16H18FN3O2. The second-order valence-electron chi connectivity index (χ2n) is 5.60. The molecule has 1 saturated heterocycles. The Morgan fingerprint density at radius 2 is 2.18 bits per heavy atom. The zero-order valence-corrected chi connectivity index (χ0v) is 12.2. The van der Waals surface area contributed by atoms with E-state index in [1.165, 1.54) is 12.1 Å². The van der Waals surface area contributed by atoms with Crippen molar-refractivity contribution in [3.05, 3.63) is 42.2 Å². The Morgan fingerprint density at radius 1 is 1.41 bits per heavy atom. The minimum Gasteiger partial charge on any atom is -0.439 e. The molecule has 1 atom stereocenters. The largest absolute Gasteiger partial charge is 0.439 e. The highest BCUT2D eigenvalue weighted by atomic mass is 19.1. The Kier molecular flexibility index (Phi) is 4.20. The van der Waals surface area contributed by atoms with Crippen LogP contribution in [0.15, 0.2) is 34.9 Å². The normalized spacial score (nSPS) is 19.2. The second kappa shape index (κ2) is 6.27. The van der Waals surface area contributed by atoms with Gasteiger partial charge in [-0.05, 0) is 43.7 Å². The maximum absolute atomic E-state index is 12.9. The first-order chi connectivity index (χ1) is 10.6. The molecular weight excluding hydrogens is 285 g/mol. The average Bonchev–Trinajstić information content (AvgIpc) is 2.96. The van der Waals surface area contributed by atoms with Gasteiger partial charge in [0, 0.05) is 12.1 Å². The van der Waals surface area contributed by atoms with Gasteiger partial charge in [-0.25, -0.2) is 9.37 Å². The molecule has 0 unspecified atom stereocenters. The first-order valence-electron chi connectivity index (χ1n) is 7.34. The van der Waals surface area contributed by atoms with Crippen molar-refractivity contribution in [2.24, 2.45) is 11.7 Å². The van der Waals surface area contributed by atoms with E-state index in [2.05, 4.69) is 9.88 Å². The number of aromatic nitrogens is 1. The lowest BCUT2D eigenvalue weighted by atomic mass is 9.97. The maximum Gasteiger partial charge on any atom is 0.221 e. The van der Waals surface area contributed by atoms with Crippen LogP contribution >= 0.6 is 0 Å². The molecule has 6 heteroatoms. The fraction of sp³-hybridized carbons (Fsp3) is 0.375. The van der Waals surface area contributed by atoms with Gasteiger partial charge in [0.15, 0.2) is 5.76 Å². The molecule has 1 aliphatic rings. The quantitative estimate of drug-likeness (QED) is 0.939. The Morgan fingerprint density at radius 3 is 2.91 bits per heavy atom. The lowest BCUT2D eigenvalue weighted by Gasteiger charge is -2.29. The first-order valence-corrected chi connectivity index (χ1v) is 7.34. The summed E-state index contributed by atoms with van der Waals surface area (Å²) < 4.78 is 18.6. The van der Waals surface area contributed by atoms with Gasteiger partial charge >= 0.3 is 0 Å². The number of oxazole rings is 1.